The fourth-order valence-electron chi connectivity index (χ4n) is 1.45. The number of methoxy groups -OCH3 is 1. The number of ether oxygens (including phenoxy) is 1. The Hall–Kier alpha value is -1.43. The van der Waals surface area contributed by atoms with Crippen LogP contribution in [-0.4, -0.2) is 21.3 Å². The van der Waals surface area contributed by atoms with E-state index < -0.39 is 10.0 Å². The van der Waals surface area contributed by atoms with E-state index >= 15 is 0 Å². The quantitative estimate of drug-likeness (QED) is 0.787. The zero-order valence-corrected chi connectivity index (χ0v) is 11.0. The zero-order chi connectivity index (χ0) is 13.1. The Bertz CT molecular complexity index is 483. The monoisotopic (exact) mass is 258 g/mol. The highest BCUT2D eigenvalue weighted by atomic mass is 32.2. The molecule has 1 aromatic carbocycles. The number of anilines is 2. The Balaban J connectivity index is 2.98. The van der Waals surface area contributed by atoms with Crippen molar-refractivity contribution < 1.29 is 13.2 Å². The third-order valence-electron chi connectivity index (χ3n) is 2.04. The molecule has 6 heteroatoms. The first-order valence-corrected chi connectivity index (χ1v) is 6.93. The van der Waals surface area contributed by atoms with Crippen molar-refractivity contribution in [3.8, 4) is 5.75 Å². The van der Waals surface area contributed by atoms with Crippen LogP contribution in [0.1, 0.15) is 13.8 Å². The average molecular weight is 258 g/mol. The molecule has 0 aliphatic carbocycles. The highest BCUT2D eigenvalue weighted by Crippen LogP contribution is 2.27. The summed E-state index contributed by atoms with van der Waals surface area (Å²) in [5.41, 5.74) is 6.46. The lowest BCUT2D eigenvalue weighted by atomic mass is 10.2. The van der Waals surface area contributed by atoms with Crippen LogP contribution in [0.15, 0.2) is 18.2 Å². The topological polar surface area (TPSA) is 81.4 Å². The molecular formula is C11H18N2O3S. The van der Waals surface area contributed by atoms with Gasteiger partial charge in [-0.1, -0.05) is 13.8 Å². The van der Waals surface area contributed by atoms with E-state index in [0.717, 1.165) is 0 Å². The van der Waals surface area contributed by atoms with Gasteiger partial charge in [0.05, 0.1) is 18.6 Å². The first kappa shape index (κ1) is 13.6. The lowest BCUT2D eigenvalue weighted by Gasteiger charge is -2.13. The zero-order valence-electron chi connectivity index (χ0n) is 10.2. The highest BCUT2D eigenvalue weighted by Gasteiger charge is 2.15. The molecule has 1 aromatic rings. The first-order valence-electron chi connectivity index (χ1n) is 5.28. The number of sulfonamides is 1. The number of nitrogen functional groups attached to an aromatic ring is 1. The van der Waals surface area contributed by atoms with E-state index in [-0.39, 0.29) is 11.7 Å². The van der Waals surface area contributed by atoms with E-state index in [4.69, 9.17) is 10.5 Å². The van der Waals surface area contributed by atoms with E-state index in [1.54, 1.807) is 12.1 Å². The number of nitrogens with two attached hydrogens (primary N) is 1. The van der Waals surface area contributed by atoms with Gasteiger partial charge in [0.2, 0.25) is 10.0 Å². The third-order valence-corrected chi connectivity index (χ3v) is 3.68. The van der Waals surface area contributed by atoms with Gasteiger partial charge in [-0.15, -0.1) is 0 Å². The van der Waals surface area contributed by atoms with Gasteiger partial charge in [0.1, 0.15) is 5.75 Å². The largest absolute Gasteiger partial charge is 0.495 e. The Morgan fingerprint density at radius 1 is 1.41 bits per heavy atom. The summed E-state index contributed by atoms with van der Waals surface area (Å²) in [7, 11) is -1.89. The summed E-state index contributed by atoms with van der Waals surface area (Å²) < 4.78 is 31.1. The van der Waals surface area contributed by atoms with Gasteiger partial charge < -0.3 is 10.5 Å². The summed E-state index contributed by atoms with van der Waals surface area (Å²) in [5, 5.41) is 0. The van der Waals surface area contributed by atoms with Gasteiger partial charge >= 0.3 is 0 Å². The standard InChI is InChI=1S/C11H18N2O3S/c1-8(2)7-17(14,15)13-10-6-9(12)4-5-11(10)16-3/h4-6,8,13H,7,12H2,1-3H3. The van der Waals surface area contributed by atoms with Crippen molar-refractivity contribution in [2.24, 2.45) is 5.92 Å². The summed E-state index contributed by atoms with van der Waals surface area (Å²) in [4.78, 5) is 0. The first-order chi connectivity index (χ1) is 7.84. The molecule has 5 nitrogen and oxygen atoms in total. The van der Waals surface area contributed by atoms with Crippen molar-refractivity contribution in [2.75, 3.05) is 23.3 Å². The maximum Gasteiger partial charge on any atom is 0.233 e. The summed E-state index contributed by atoms with van der Waals surface area (Å²) in [6.45, 7) is 3.69. The SMILES string of the molecule is COc1ccc(N)cc1NS(=O)(=O)CC(C)C. The summed E-state index contributed by atoms with van der Waals surface area (Å²) in [5.74, 6) is 0.566. The third kappa shape index (κ3) is 4.14. The number of nitrogens with one attached hydrogen (secondary N) is 1. The molecule has 0 atom stereocenters. The van der Waals surface area contributed by atoms with E-state index in [2.05, 4.69) is 4.72 Å². The molecule has 0 amide bonds. The summed E-state index contributed by atoms with van der Waals surface area (Å²) in [6, 6.07) is 4.82. The van der Waals surface area contributed by atoms with E-state index in [0.29, 0.717) is 17.1 Å². The second-order valence-corrected chi connectivity index (χ2v) is 6.00. The molecule has 3 N–H and O–H groups in total. The van der Waals surface area contributed by atoms with Gasteiger partial charge in [0.25, 0.3) is 0 Å². The van der Waals surface area contributed by atoms with Gasteiger partial charge in [-0.3, -0.25) is 4.72 Å². The van der Waals surface area contributed by atoms with Crippen LogP contribution in [-0.2, 0) is 10.0 Å². The molecule has 0 heterocycles. The number of rotatable bonds is 5. The lowest BCUT2D eigenvalue weighted by Crippen LogP contribution is -2.20. The van der Waals surface area contributed by atoms with Crippen LogP contribution in [0.2, 0.25) is 0 Å². The highest BCUT2D eigenvalue weighted by molar-refractivity contribution is 7.92. The molecule has 0 bridgehead atoms. The van der Waals surface area contributed by atoms with Crippen molar-refractivity contribution in [3.05, 3.63) is 18.2 Å². The van der Waals surface area contributed by atoms with Gasteiger partial charge in [-0.25, -0.2) is 8.42 Å². The maximum atomic E-state index is 11.8. The molecule has 17 heavy (non-hydrogen) atoms. The van der Waals surface area contributed by atoms with Crippen molar-refractivity contribution in [1.82, 2.24) is 0 Å². The minimum absolute atomic E-state index is 0.0551. The second kappa shape index (κ2) is 5.27. The van der Waals surface area contributed by atoms with Gasteiger partial charge in [0, 0.05) is 5.69 Å². The molecule has 0 fully saturated rings. The predicted molar refractivity (Wildman–Crippen MR) is 69.7 cm³/mol. The average Bonchev–Trinajstić information content (AvgIpc) is 2.14. The molecule has 0 aliphatic heterocycles. The Morgan fingerprint density at radius 2 is 2.06 bits per heavy atom. The van der Waals surface area contributed by atoms with Crippen LogP contribution in [0.3, 0.4) is 0 Å². The second-order valence-electron chi connectivity index (χ2n) is 4.24. The minimum atomic E-state index is -3.37. The van der Waals surface area contributed by atoms with Crippen LogP contribution in [0.25, 0.3) is 0 Å². The van der Waals surface area contributed by atoms with Crippen molar-refractivity contribution >= 4 is 21.4 Å². The van der Waals surface area contributed by atoms with Crippen LogP contribution < -0.4 is 15.2 Å². The molecule has 0 radical (unpaired) electrons. The van der Waals surface area contributed by atoms with Crippen LogP contribution in [0.4, 0.5) is 11.4 Å². The molecule has 0 saturated carbocycles. The van der Waals surface area contributed by atoms with Crippen molar-refractivity contribution in [2.45, 2.75) is 13.8 Å². The maximum absolute atomic E-state index is 11.8. The molecule has 0 saturated heterocycles. The Morgan fingerprint density at radius 3 is 2.59 bits per heavy atom. The van der Waals surface area contributed by atoms with Crippen LogP contribution in [0, 0.1) is 5.92 Å². The Kier molecular flexibility index (Phi) is 4.22. The molecular weight excluding hydrogens is 240 g/mol. The van der Waals surface area contributed by atoms with Crippen LogP contribution in [0.5, 0.6) is 5.75 Å². The van der Waals surface area contributed by atoms with Gasteiger partial charge in [-0.2, -0.15) is 0 Å². The van der Waals surface area contributed by atoms with E-state index in [9.17, 15) is 8.42 Å². The van der Waals surface area contributed by atoms with Crippen LogP contribution >= 0.6 is 0 Å². The predicted octanol–water partition coefficient (Wildman–Crippen LogP) is 1.68. The van der Waals surface area contributed by atoms with Gasteiger partial charge in [0.15, 0.2) is 0 Å². The van der Waals surface area contributed by atoms with E-state index in [1.807, 2.05) is 13.8 Å². The van der Waals surface area contributed by atoms with E-state index in [1.165, 1.54) is 13.2 Å². The molecule has 0 aliphatic rings. The molecule has 0 spiro atoms. The molecule has 0 unspecified atom stereocenters. The Labute approximate surface area is 102 Å². The summed E-state index contributed by atoms with van der Waals surface area (Å²) >= 11 is 0. The minimum Gasteiger partial charge on any atom is -0.495 e. The van der Waals surface area contributed by atoms with Gasteiger partial charge in [-0.05, 0) is 24.1 Å². The number of hydrogen-bond acceptors (Lipinski definition) is 4. The number of benzene rings is 1. The fourth-order valence-corrected chi connectivity index (χ4v) is 2.91. The summed E-state index contributed by atoms with van der Waals surface area (Å²) in [6.07, 6.45) is 0. The number of hydrogen-bond donors (Lipinski definition) is 2. The lowest BCUT2D eigenvalue weighted by molar-refractivity contribution is 0.417. The normalized spacial score (nSPS) is 11.5. The van der Waals surface area contributed by atoms with Crippen molar-refractivity contribution in [1.29, 1.82) is 0 Å². The molecule has 96 valence electrons. The fraction of sp³-hybridized carbons (Fsp3) is 0.455. The van der Waals surface area contributed by atoms with Crippen molar-refractivity contribution in [3.63, 3.8) is 0 Å². The molecule has 1 rings (SSSR count). The smallest absolute Gasteiger partial charge is 0.233 e. The molecule has 0 aromatic heterocycles.